The SMILES string of the molecule is CCCNC(c1c(C)ccnc1N)C(OC)C(C)(C)C. The lowest BCUT2D eigenvalue weighted by Crippen LogP contribution is -2.42. The van der Waals surface area contributed by atoms with E-state index in [1.54, 1.807) is 13.3 Å². The molecule has 1 aromatic heterocycles. The molecule has 0 bridgehead atoms. The van der Waals surface area contributed by atoms with Gasteiger partial charge in [-0.3, -0.25) is 0 Å². The second-order valence-electron chi connectivity index (χ2n) is 6.38. The number of nitrogen functional groups attached to an aromatic ring is 1. The number of ether oxygens (including phenoxy) is 1. The zero-order chi connectivity index (χ0) is 15.3. The molecule has 0 aliphatic heterocycles. The Morgan fingerprint density at radius 2 is 2.05 bits per heavy atom. The first-order chi connectivity index (χ1) is 9.32. The molecule has 0 aliphatic carbocycles. The van der Waals surface area contributed by atoms with Gasteiger partial charge in [0, 0.05) is 18.9 Å². The number of anilines is 1. The van der Waals surface area contributed by atoms with Gasteiger partial charge in [-0.1, -0.05) is 27.7 Å². The Kier molecular flexibility index (Phi) is 5.96. The van der Waals surface area contributed by atoms with E-state index in [1.165, 1.54) is 0 Å². The quantitative estimate of drug-likeness (QED) is 0.840. The third-order valence-corrected chi connectivity index (χ3v) is 3.57. The molecule has 0 aliphatic rings. The molecule has 114 valence electrons. The zero-order valence-corrected chi connectivity index (χ0v) is 13.7. The highest BCUT2D eigenvalue weighted by Crippen LogP contribution is 2.35. The van der Waals surface area contributed by atoms with Crippen LogP contribution in [0.25, 0.3) is 0 Å². The first kappa shape index (κ1) is 16.9. The number of rotatable bonds is 6. The Morgan fingerprint density at radius 3 is 2.50 bits per heavy atom. The molecule has 3 N–H and O–H groups in total. The molecule has 0 saturated carbocycles. The largest absolute Gasteiger partial charge is 0.383 e. The number of aromatic nitrogens is 1. The molecule has 2 atom stereocenters. The van der Waals surface area contributed by atoms with Gasteiger partial charge >= 0.3 is 0 Å². The van der Waals surface area contributed by atoms with Crippen molar-refractivity contribution in [3.8, 4) is 0 Å². The summed E-state index contributed by atoms with van der Waals surface area (Å²) in [6.45, 7) is 11.7. The van der Waals surface area contributed by atoms with E-state index in [0.29, 0.717) is 5.82 Å². The molecule has 0 aromatic carbocycles. The molecular weight excluding hydrogens is 250 g/mol. The normalized spacial score (nSPS) is 15.1. The first-order valence-electron chi connectivity index (χ1n) is 7.30. The van der Waals surface area contributed by atoms with Gasteiger partial charge in [0.2, 0.25) is 0 Å². The van der Waals surface area contributed by atoms with Crippen molar-refractivity contribution in [2.24, 2.45) is 5.41 Å². The third kappa shape index (κ3) is 3.93. The molecule has 4 heteroatoms. The van der Waals surface area contributed by atoms with Gasteiger partial charge in [0.25, 0.3) is 0 Å². The maximum Gasteiger partial charge on any atom is 0.128 e. The van der Waals surface area contributed by atoms with Gasteiger partial charge in [0.05, 0.1) is 12.1 Å². The van der Waals surface area contributed by atoms with E-state index in [-0.39, 0.29) is 17.6 Å². The molecular formula is C16H29N3O. The molecule has 4 nitrogen and oxygen atoms in total. The monoisotopic (exact) mass is 279 g/mol. The Balaban J connectivity index is 3.24. The van der Waals surface area contributed by atoms with Crippen LogP contribution in [0.2, 0.25) is 0 Å². The van der Waals surface area contributed by atoms with Crippen LogP contribution in [0.5, 0.6) is 0 Å². The van der Waals surface area contributed by atoms with E-state index in [9.17, 15) is 0 Å². The minimum Gasteiger partial charge on any atom is -0.383 e. The molecule has 0 fully saturated rings. The summed E-state index contributed by atoms with van der Waals surface area (Å²) in [5, 5.41) is 3.58. The Labute approximate surface area is 123 Å². The van der Waals surface area contributed by atoms with Crippen molar-refractivity contribution in [3.63, 3.8) is 0 Å². The van der Waals surface area contributed by atoms with Crippen molar-refractivity contribution in [1.82, 2.24) is 10.3 Å². The van der Waals surface area contributed by atoms with Crippen molar-refractivity contribution in [2.75, 3.05) is 19.4 Å². The van der Waals surface area contributed by atoms with Crippen LogP contribution in [0.1, 0.15) is 51.3 Å². The Morgan fingerprint density at radius 1 is 1.40 bits per heavy atom. The highest BCUT2D eigenvalue weighted by Gasteiger charge is 2.35. The van der Waals surface area contributed by atoms with Crippen LogP contribution in [0, 0.1) is 12.3 Å². The topological polar surface area (TPSA) is 60.2 Å². The maximum absolute atomic E-state index is 6.12. The van der Waals surface area contributed by atoms with Gasteiger partial charge in [-0.15, -0.1) is 0 Å². The second kappa shape index (κ2) is 7.04. The van der Waals surface area contributed by atoms with E-state index < -0.39 is 0 Å². The Bertz CT molecular complexity index is 406. The fourth-order valence-electron chi connectivity index (χ4n) is 2.65. The zero-order valence-electron chi connectivity index (χ0n) is 13.7. The van der Waals surface area contributed by atoms with Gasteiger partial charge < -0.3 is 15.8 Å². The highest BCUT2D eigenvalue weighted by atomic mass is 16.5. The van der Waals surface area contributed by atoms with Gasteiger partial charge in [0.1, 0.15) is 5.82 Å². The van der Waals surface area contributed by atoms with Crippen LogP contribution < -0.4 is 11.1 Å². The van der Waals surface area contributed by atoms with Crippen molar-refractivity contribution in [3.05, 3.63) is 23.4 Å². The highest BCUT2D eigenvalue weighted by molar-refractivity contribution is 5.46. The van der Waals surface area contributed by atoms with Crippen molar-refractivity contribution >= 4 is 5.82 Å². The van der Waals surface area contributed by atoms with Crippen LogP contribution >= 0.6 is 0 Å². The number of methoxy groups -OCH3 is 1. The lowest BCUT2D eigenvalue weighted by molar-refractivity contribution is -0.0119. The third-order valence-electron chi connectivity index (χ3n) is 3.57. The van der Waals surface area contributed by atoms with Crippen molar-refractivity contribution in [1.29, 1.82) is 0 Å². The van der Waals surface area contributed by atoms with E-state index in [1.807, 2.05) is 6.07 Å². The number of hydrogen-bond donors (Lipinski definition) is 2. The van der Waals surface area contributed by atoms with Gasteiger partial charge in [-0.2, -0.15) is 0 Å². The van der Waals surface area contributed by atoms with E-state index in [4.69, 9.17) is 10.5 Å². The molecule has 0 saturated heterocycles. The van der Waals surface area contributed by atoms with Gasteiger partial charge in [0.15, 0.2) is 0 Å². The smallest absolute Gasteiger partial charge is 0.128 e. The lowest BCUT2D eigenvalue weighted by Gasteiger charge is -2.37. The van der Waals surface area contributed by atoms with Crippen LogP contribution in [-0.4, -0.2) is 24.7 Å². The molecule has 0 spiro atoms. The fourth-order valence-corrected chi connectivity index (χ4v) is 2.65. The van der Waals surface area contributed by atoms with Gasteiger partial charge in [-0.05, 0) is 36.9 Å². The number of nitrogens with one attached hydrogen (secondary N) is 1. The van der Waals surface area contributed by atoms with E-state index in [2.05, 4.69) is 44.9 Å². The van der Waals surface area contributed by atoms with Crippen LogP contribution in [0.15, 0.2) is 12.3 Å². The molecule has 0 amide bonds. The maximum atomic E-state index is 6.12. The molecule has 1 heterocycles. The number of nitrogens with zero attached hydrogens (tertiary/aromatic N) is 1. The van der Waals surface area contributed by atoms with Crippen molar-refractivity contribution < 1.29 is 4.74 Å². The standard InChI is InChI=1S/C16H29N3O/c1-7-9-18-13(14(20-6)16(3,4)5)12-11(2)8-10-19-15(12)17/h8,10,13-14,18H,7,9H2,1-6H3,(H2,17,19). The summed E-state index contributed by atoms with van der Waals surface area (Å²) < 4.78 is 5.79. The number of aryl methyl sites for hydroxylation is 1. The molecule has 1 aromatic rings. The minimum atomic E-state index is 0.00881. The summed E-state index contributed by atoms with van der Waals surface area (Å²) in [5.74, 6) is 0.588. The van der Waals surface area contributed by atoms with Crippen LogP contribution in [-0.2, 0) is 4.74 Å². The number of pyridine rings is 1. The minimum absolute atomic E-state index is 0.00881. The molecule has 1 rings (SSSR count). The molecule has 2 unspecified atom stereocenters. The lowest BCUT2D eigenvalue weighted by atomic mass is 9.81. The van der Waals surface area contributed by atoms with E-state index in [0.717, 1.165) is 24.1 Å². The summed E-state index contributed by atoms with van der Waals surface area (Å²) in [4.78, 5) is 4.25. The Hall–Kier alpha value is -1.13. The molecule has 0 radical (unpaired) electrons. The van der Waals surface area contributed by atoms with E-state index >= 15 is 0 Å². The summed E-state index contributed by atoms with van der Waals surface area (Å²) in [6.07, 6.45) is 2.85. The van der Waals surface area contributed by atoms with Crippen molar-refractivity contribution in [2.45, 2.75) is 53.2 Å². The average Bonchev–Trinajstić information content (AvgIpc) is 2.34. The van der Waals surface area contributed by atoms with Gasteiger partial charge in [-0.25, -0.2) is 4.98 Å². The number of nitrogens with two attached hydrogens (primary N) is 1. The fraction of sp³-hybridized carbons (Fsp3) is 0.688. The summed E-state index contributed by atoms with van der Waals surface area (Å²) >= 11 is 0. The predicted octanol–water partition coefficient (Wildman–Crippen LogP) is 3.07. The van der Waals surface area contributed by atoms with Crippen LogP contribution in [0.4, 0.5) is 5.82 Å². The molecule has 20 heavy (non-hydrogen) atoms. The summed E-state index contributed by atoms with van der Waals surface area (Å²) in [7, 11) is 1.76. The number of hydrogen-bond acceptors (Lipinski definition) is 4. The summed E-state index contributed by atoms with van der Waals surface area (Å²) in [5.41, 5.74) is 8.34. The second-order valence-corrected chi connectivity index (χ2v) is 6.38. The summed E-state index contributed by atoms with van der Waals surface area (Å²) in [6, 6.07) is 2.05. The predicted molar refractivity (Wildman–Crippen MR) is 84.7 cm³/mol. The average molecular weight is 279 g/mol. The van der Waals surface area contributed by atoms with Crippen LogP contribution in [0.3, 0.4) is 0 Å². The first-order valence-corrected chi connectivity index (χ1v) is 7.30.